The molecule has 1 saturated carbocycles. The summed E-state index contributed by atoms with van der Waals surface area (Å²) in [4.78, 5) is 15.3. The van der Waals surface area contributed by atoms with Gasteiger partial charge in [0.05, 0.1) is 16.8 Å². The van der Waals surface area contributed by atoms with Crippen LogP contribution in [0.3, 0.4) is 0 Å². The zero-order valence-corrected chi connectivity index (χ0v) is 11.4. The number of carbonyl (C=O) groups is 1. The molecule has 19 heavy (non-hydrogen) atoms. The highest BCUT2D eigenvalue weighted by Crippen LogP contribution is 2.34. The van der Waals surface area contributed by atoms with Crippen LogP contribution in [0.5, 0.6) is 0 Å². The molecule has 5 heteroatoms. The minimum Gasteiger partial charge on any atom is -0.481 e. The summed E-state index contributed by atoms with van der Waals surface area (Å²) >= 11 is 1.31. The number of hydrogen-bond acceptors (Lipinski definition) is 3. The first kappa shape index (κ1) is 12.5. The lowest BCUT2D eigenvalue weighted by atomic mass is 10.3. The lowest BCUT2D eigenvalue weighted by Gasteiger charge is -2.07. The van der Waals surface area contributed by atoms with E-state index >= 15 is 0 Å². The fraction of sp³-hybridized carbons (Fsp3) is 0.429. The predicted octanol–water partition coefficient (Wildman–Crippen LogP) is 3.01. The lowest BCUT2D eigenvalue weighted by Crippen LogP contribution is -2.04. The Morgan fingerprint density at radius 2 is 2.21 bits per heavy atom. The highest BCUT2D eigenvalue weighted by atomic mass is 32.2. The van der Waals surface area contributed by atoms with Crippen LogP contribution >= 0.6 is 11.8 Å². The molecular formula is C14H16N2O2S. The Balaban J connectivity index is 1.88. The van der Waals surface area contributed by atoms with Gasteiger partial charge in [-0.15, -0.1) is 0 Å². The highest BCUT2D eigenvalue weighted by molar-refractivity contribution is 7.99. The molecule has 0 atom stereocenters. The summed E-state index contributed by atoms with van der Waals surface area (Å²) in [7, 11) is 0. The Kier molecular flexibility index (Phi) is 3.46. The average molecular weight is 276 g/mol. The van der Waals surface area contributed by atoms with Crippen LogP contribution in [-0.2, 0) is 11.3 Å². The molecule has 1 aromatic heterocycles. The fourth-order valence-electron chi connectivity index (χ4n) is 2.22. The van der Waals surface area contributed by atoms with Gasteiger partial charge in [-0.05, 0) is 24.5 Å². The molecule has 0 saturated heterocycles. The number of benzene rings is 1. The normalized spacial score (nSPS) is 14.9. The molecule has 1 fully saturated rings. The van der Waals surface area contributed by atoms with E-state index in [2.05, 4.69) is 15.6 Å². The molecule has 100 valence electrons. The Bertz CT molecular complexity index is 605. The van der Waals surface area contributed by atoms with Gasteiger partial charge in [0.1, 0.15) is 0 Å². The van der Waals surface area contributed by atoms with Crippen molar-refractivity contribution in [2.45, 2.75) is 31.0 Å². The maximum Gasteiger partial charge on any atom is 0.313 e. The third-order valence-electron chi connectivity index (χ3n) is 3.40. The van der Waals surface area contributed by atoms with Gasteiger partial charge in [0, 0.05) is 6.54 Å². The SMILES string of the molecule is O=C(O)CSc1nc2ccccc2n1CCC1CC1. The highest BCUT2D eigenvalue weighted by Gasteiger charge is 2.22. The number of aliphatic carboxylic acids is 1. The van der Waals surface area contributed by atoms with Crippen LogP contribution in [0, 0.1) is 5.92 Å². The van der Waals surface area contributed by atoms with E-state index in [0.29, 0.717) is 0 Å². The monoisotopic (exact) mass is 276 g/mol. The van der Waals surface area contributed by atoms with E-state index in [1.165, 1.54) is 31.0 Å². The first-order chi connectivity index (χ1) is 9.24. The fourth-order valence-corrected chi connectivity index (χ4v) is 2.99. The molecule has 0 bridgehead atoms. The summed E-state index contributed by atoms with van der Waals surface area (Å²) in [5.41, 5.74) is 2.06. The number of imidazole rings is 1. The number of carboxylic acids is 1. The van der Waals surface area contributed by atoms with Crippen LogP contribution in [0.2, 0.25) is 0 Å². The van der Waals surface area contributed by atoms with E-state index in [-0.39, 0.29) is 5.75 Å². The van der Waals surface area contributed by atoms with E-state index < -0.39 is 5.97 Å². The maximum atomic E-state index is 10.7. The Hall–Kier alpha value is -1.49. The number of carboxylic acid groups (broad SMARTS) is 1. The molecule has 1 N–H and O–H groups in total. The number of hydrogen-bond donors (Lipinski definition) is 1. The van der Waals surface area contributed by atoms with Crippen molar-refractivity contribution in [3.8, 4) is 0 Å². The molecular weight excluding hydrogens is 260 g/mol. The number of para-hydroxylation sites is 2. The van der Waals surface area contributed by atoms with Gasteiger partial charge in [-0.1, -0.05) is 36.7 Å². The van der Waals surface area contributed by atoms with Gasteiger partial charge in [-0.3, -0.25) is 4.79 Å². The van der Waals surface area contributed by atoms with Gasteiger partial charge in [0.15, 0.2) is 5.16 Å². The van der Waals surface area contributed by atoms with Crippen LogP contribution in [0.1, 0.15) is 19.3 Å². The zero-order valence-electron chi connectivity index (χ0n) is 10.6. The Labute approximate surface area is 115 Å². The summed E-state index contributed by atoms with van der Waals surface area (Å²) in [6.45, 7) is 0.938. The van der Waals surface area contributed by atoms with Crippen LogP contribution < -0.4 is 0 Å². The molecule has 0 radical (unpaired) electrons. The second-order valence-electron chi connectivity index (χ2n) is 4.95. The van der Waals surface area contributed by atoms with Crippen LogP contribution in [0.4, 0.5) is 0 Å². The van der Waals surface area contributed by atoms with Gasteiger partial charge in [-0.2, -0.15) is 0 Å². The van der Waals surface area contributed by atoms with Crippen LogP contribution in [0.25, 0.3) is 11.0 Å². The van der Waals surface area contributed by atoms with E-state index in [1.54, 1.807) is 0 Å². The number of rotatable bonds is 6. The van der Waals surface area contributed by atoms with Crippen molar-refractivity contribution in [2.24, 2.45) is 5.92 Å². The quantitative estimate of drug-likeness (QED) is 0.824. The molecule has 1 aliphatic rings. The first-order valence-corrected chi connectivity index (χ1v) is 7.52. The minimum atomic E-state index is -0.800. The summed E-state index contributed by atoms with van der Waals surface area (Å²) in [6, 6.07) is 8.00. The topological polar surface area (TPSA) is 55.1 Å². The van der Waals surface area contributed by atoms with Crippen LogP contribution in [-0.4, -0.2) is 26.4 Å². The van der Waals surface area contributed by atoms with Gasteiger partial charge in [0.25, 0.3) is 0 Å². The standard InChI is InChI=1S/C14H16N2O2S/c17-13(18)9-19-14-15-11-3-1-2-4-12(11)16(14)8-7-10-5-6-10/h1-4,10H,5-9H2,(H,17,18). The molecule has 4 nitrogen and oxygen atoms in total. The summed E-state index contributed by atoms with van der Waals surface area (Å²) in [5, 5.41) is 9.63. The molecule has 2 aromatic rings. The molecule has 0 spiro atoms. The van der Waals surface area contributed by atoms with Gasteiger partial charge in [-0.25, -0.2) is 4.98 Å². The third-order valence-corrected chi connectivity index (χ3v) is 4.36. The van der Waals surface area contributed by atoms with E-state index in [4.69, 9.17) is 5.11 Å². The second-order valence-corrected chi connectivity index (χ2v) is 5.89. The second kappa shape index (κ2) is 5.25. The largest absolute Gasteiger partial charge is 0.481 e. The van der Waals surface area contributed by atoms with Crippen molar-refractivity contribution in [1.82, 2.24) is 9.55 Å². The Morgan fingerprint density at radius 1 is 1.42 bits per heavy atom. The van der Waals surface area contributed by atoms with Crippen molar-refractivity contribution in [1.29, 1.82) is 0 Å². The molecule has 0 aliphatic heterocycles. The number of nitrogens with zero attached hydrogens (tertiary/aromatic N) is 2. The van der Waals surface area contributed by atoms with Crippen LogP contribution in [0.15, 0.2) is 29.4 Å². The van der Waals surface area contributed by atoms with Gasteiger partial charge < -0.3 is 9.67 Å². The average Bonchev–Trinajstić information content (AvgIpc) is 3.15. The Morgan fingerprint density at radius 3 is 2.95 bits per heavy atom. The molecule has 1 aliphatic carbocycles. The smallest absolute Gasteiger partial charge is 0.313 e. The third kappa shape index (κ3) is 2.92. The van der Waals surface area contributed by atoms with Crippen molar-refractivity contribution in [2.75, 3.05) is 5.75 Å². The first-order valence-electron chi connectivity index (χ1n) is 6.54. The van der Waals surface area contributed by atoms with Gasteiger partial charge >= 0.3 is 5.97 Å². The zero-order chi connectivity index (χ0) is 13.2. The summed E-state index contributed by atoms with van der Waals surface area (Å²) in [6.07, 6.45) is 3.84. The predicted molar refractivity (Wildman–Crippen MR) is 75.4 cm³/mol. The number of fused-ring (bicyclic) bond motifs is 1. The van der Waals surface area contributed by atoms with Crippen molar-refractivity contribution < 1.29 is 9.90 Å². The number of aromatic nitrogens is 2. The van der Waals surface area contributed by atoms with Crippen molar-refractivity contribution in [3.63, 3.8) is 0 Å². The van der Waals surface area contributed by atoms with E-state index in [0.717, 1.165) is 28.7 Å². The number of thioether (sulfide) groups is 1. The van der Waals surface area contributed by atoms with Crippen molar-refractivity contribution >= 4 is 28.8 Å². The number of aryl methyl sites for hydroxylation is 1. The molecule has 0 amide bonds. The van der Waals surface area contributed by atoms with E-state index in [1.807, 2.05) is 18.2 Å². The molecule has 3 rings (SSSR count). The summed E-state index contributed by atoms with van der Waals surface area (Å²) in [5.74, 6) is 0.122. The molecule has 0 unspecified atom stereocenters. The minimum absolute atomic E-state index is 0.0623. The van der Waals surface area contributed by atoms with E-state index in [9.17, 15) is 4.79 Å². The molecule has 1 heterocycles. The van der Waals surface area contributed by atoms with Gasteiger partial charge in [0.2, 0.25) is 0 Å². The summed E-state index contributed by atoms with van der Waals surface area (Å²) < 4.78 is 2.17. The van der Waals surface area contributed by atoms with Crippen molar-refractivity contribution in [3.05, 3.63) is 24.3 Å². The molecule has 1 aromatic carbocycles. The lowest BCUT2D eigenvalue weighted by molar-refractivity contribution is -0.133. The maximum absolute atomic E-state index is 10.7.